The second-order valence-electron chi connectivity index (χ2n) is 10.0. The quantitative estimate of drug-likeness (QED) is 0.217. The molecule has 0 aliphatic rings. The van der Waals surface area contributed by atoms with Gasteiger partial charge in [0.05, 0.1) is 0 Å². The van der Waals surface area contributed by atoms with Crippen LogP contribution >= 0.6 is 0 Å². The zero-order valence-corrected chi connectivity index (χ0v) is 23.3. The molecule has 0 bridgehead atoms. The lowest BCUT2D eigenvalue weighted by Crippen LogP contribution is -1.87. The number of rotatable bonds is 4. The summed E-state index contributed by atoms with van der Waals surface area (Å²) in [5, 5.41) is 14.7. The van der Waals surface area contributed by atoms with Gasteiger partial charge in [0.2, 0.25) is 0 Å². The first-order valence-corrected chi connectivity index (χ1v) is 14.2. The number of nitrogens with one attached hydrogen (secondary N) is 2. The Balaban J connectivity index is 0.000000114. The minimum atomic E-state index is 1.12. The standard InChI is InChI=1S/C16H10.2C12H11N/c1-3-11-7-9-13-5-2-6-14-10-8-12(4-1)15(11)16(13)14;2*1-3-7-11(8-4-1)13-12-9-5-2-6-10-12/h1-10H;2*1-10,13H. The third-order valence-electron chi connectivity index (χ3n) is 7.07. The molecule has 0 spiro atoms. The molecule has 8 rings (SSSR count). The Morgan fingerprint density at radius 3 is 0.690 bits per heavy atom. The van der Waals surface area contributed by atoms with Crippen molar-refractivity contribution in [2.75, 3.05) is 10.6 Å². The fourth-order valence-electron chi connectivity index (χ4n) is 5.09. The summed E-state index contributed by atoms with van der Waals surface area (Å²) in [5.74, 6) is 0. The highest BCUT2D eigenvalue weighted by molar-refractivity contribution is 6.22. The van der Waals surface area contributed by atoms with Crippen LogP contribution in [-0.4, -0.2) is 0 Å². The van der Waals surface area contributed by atoms with E-state index in [1.54, 1.807) is 0 Å². The van der Waals surface area contributed by atoms with Crippen LogP contribution in [0.15, 0.2) is 182 Å². The minimum absolute atomic E-state index is 1.12. The van der Waals surface area contributed by atoms with Gasteiger partial charge < -0.3 is 10.6 Å². The second-order valence-corrected chi connectivity index (χ2v) is 10.0. The molecule has 0 saturated heterocycles. The van der Waals surface area contributed by atoms with Crippen LogP contribution in [0.2, 0.25) is 0 Å². The molecule has 2 nitrogen and oxygen atoms in total. The van der Waals surface area contributed by atoms with E-state index in [0.29, 0.717) is 0 Å². The average molecular weight is 541 g/mol. The summed E-state index contributed by atoms with van der Waals surface area (Å²) in [5.41, 5.74) is 4.48. The Bertz CT molecular complexity index is 1670. The molecule has 202 valence electrons. The number of benzene rings is 8. The molecule has 0 unspecified atom stereocenters. The van der Waals surface area contributed by atoms with E-state index in [-0.39, 0.29) is 0 Å². The topological polar surface area (TPSA) is 24.1 Å². The molecule has 42 heavy (non-hydrogen) atoms. The van der Waals surface area contributed by atoms with Crippen molar-refractivity contribution in [2.45, 2.75) is 0 Å². The Hall–Kier alpha value is -5.60. The van der Waals surface area contributed by atoms with Gasteiger partial charge >= 0.3 is 0 Å². The number of para-hydroxylation sites is 4. The molecule has 0 amide bonds. The Morgan fingerprint density at radius 2 is 0.452 bits per heavy atom. The largest absolute Gasteiger partial charge is 0.356 e. The lowest BCUT2D eigenvalue weighted by Gasteiger charge is -2.09. The van der Waals surface area contributed by atoms with Gasteiger partial charge in [-0.15, -0.1) is 0 Å². The van der Waals surface area contributed by atoms with Crippen LogP contribution in [-0.2, 0) is 0 Å². The van der Waals surface area contributed by atoms with E-state index in [9.17, 15) is 0 Å². The molecule has 0 aliphatic carbocycles. The number of hydrogen-bond donors (Lipinski definition) is 2. The summed E-state index contributed by atoms with van der Waals surface area (Å²) in [6.07, 6.45) is 0. The second kappa shape index (κ2) is 13.2. The summed E-state index contributed by atoms with van der Waals surface area (Å²) >= 11 is 0. The lowest BCUT2D eigenvalue weighted by atomic mass is 9.95. The third-order valence-corrected chi connectivity index (χ3v) is 7.07. The lowest BCUT2D eigenvalue weighted by molar-refractivity contribution is 1.55. The van der Waals surface area contributed by atoms with E-state index in [4.69, 9.17) is 0 Å². The Kier molecular flexibility index (Phi) is 8.34. The predicted octanol–water partition coefficient (Wildman–Crippen LogP) is 11.4. The third kappa shape index (κ3) is 6.57. The molecule has 0 saturated carbocycles. The van der Waals surface area contributed by atoms with E-state index in [2.05, 4.69) is 71.3 Å². The van der Waals surface area contributed by atoms with Crippen molar-refractivity contribution in [3.8, 4) is 0 Å². The molecule has 8 aromatic rings. The van der Waals surface area contributed by atoms with Gasteiger partial charge in [-0.25, -0.2) is 0 Å². The normalized spacial score (nSPS) is 10.4. The van der Waals surface area contributed by atoms with Crippen molar-refractivity contribution in [3.05, 3.63) is 182 Å². The summed E-state index contributed by atoms with van der Waals surface area (Å²) in [4.78, 5) is 0. The van der Waals surface area contributed by atoms with Crippen LogP contribution in [0.5, 0.6) is 0 Å². The average Bonchev–Trinajstić information content (AvgIpc) is 3.06. The summed E-state index contributed by atoms with van der Waals surface area (Å²) in [7, 11) is 0. The fraction of sp³-hybridized carbons (Fsp3) is 0. The van der Waals surface area contributed by atoms with Crippen molar-refractivity contribution < 1.29 is 0 Å². The molecule has 0 heterocycles. The molecule has 2 heteroatoms. The van der Waals surface area contributed by atoms with E-state index in [1.807, 2.05) is 121 Å². The molecule has 8 aromatic carbocycles. The molecule has 0 aliphatic heterocycles. The van der Waals surface area contributed by atoms with Crippen LogP contribution in [0.3, 0.4) is 0 Å². The van der Waals surface area contributed by atoms with E-state index < -0.39 is 0 Å². The smallest absolute Gasteiger partial charge is 0.0384 e. The first-order chi connectivity index (χ1) is 20.8. The molecular formula is C40H32N2. The van der Waals surface area contributed by atoms with Gasteiger partial charge in [-0.05, 0) is 80.8 Å². The zero-order chi connectivity index (χ0) is 28.4. The van der Waals surface area contributed by atoms with Crippen molar-refractivity contribution in [1.29, 1.82) is 0 Å². The van der Waals surface area contributed by atoms with Crippen molar-refractivity contribution >= 4 is 55.1 Å². The molecule has 0 radical (unpaired) electrons. The summed E-state index contributed by atoms with van der Waals surface area (Å²) < 4.78 is 0. The maximum atomic E-state index is 3.30. The van der Waals surface area contributed by atoms with Crippen molar-refractivity contribution in [1.82, 2.24) is 0 Å². The highest BCUT2D eigenvalue weighted by atomic mass is 14.9. The number of anilines is 4. The van der Waals surface area contributed by atoms with E-state index in [1.165, 1.54) is 32.3 Å². The Labute approximate surface area is 247 Å². The first-order valence-electron chi connectivity index (χ1n) is 14.2. The Morgan fingerprint density at radius 1 is 0.214 bits per heavy atom. The van der Waals surface area contributed by atoms with Crippen LogP contribution in [0.1, 0.15) is 0 Å². The van der Waals surface area contributed by atoms with Gasteiger partial charge in [-0.1, -0.05) is 133 Å². The highest BCUT2D eigenvalue weighted by Gasteiger charge is 2.06. The number of hydrogen-bond acceptors (Lipinski definition) is 2. The SMILES string of the molecule is c1cc2ccc3cccc4ccc(c1)c2c34.c1ccc(Nc2ccccc2)cc1.c1ccc(Nc2ccccc2)cc1. The molecular weight excluding hydrogens is 508 g/mol. The molecule has 0 atom stereocenters. The van der Waals surface area contributed by atoms with Crippen molar-refractivity contribution in [3.63, 3.8) is 0 Å². The van der Waals surface area contributed by atoms with Gasteiger partial charge in [0, 0.05) is 22.7 Å². The van der Waals surface area contributed by atoms with Gasteiger partial charge in [-0.3, -0.25) is 0 Å². The zero-order valence-electron chi connectivity index (χ0n) is 23.3. The van der Waals surface area contributed by atoms with Gasteiger partial charge in [-0.2, -0.15) is 0 Å². The molecule has 0 fully saturated rings. The predicted molar refractivity (Wildman–Crippen MR) is 182 cm³/mol. The van der Waals surface area contributed by atoms with Gasteiger partial charge in [0.1, 0.15) is 0 Å². The summed E-state index contributed by atoms with van der Waals surface area (Å²) in [6, 6.07) is 62.4. The van der Waals surface area contributed by atoms with E-state index >= 15 is 0 Å². The maximum absolute atomic E-state index is 3.30. The van der Waals surface area contributed by atoms with Crippen molar-refractivity contribution in [2.24, 2.45) is 0 Å². The maximum Gasteiger partial charge on any atom is 0.0384 e. The molecule has 0 aromatic heterocycles. The van der Waals surface area contributed by atoms with E-state index in [0.717, 1.165) is 22.7 Å². The highest BCUT2D eigenvalue weighted by Crippen LogP contribution is 2.33. The van der Waals surface area contributed by atoms with Crippen LogP contribution in [0.4, 0.5) is 22.7 Å². The van der Waals surface area contributed by atoms with Gasteiger partial charge in [0.15, 0.2) is 0 Å². The van der Waals surface area contributed by atoms with Crippen LogP contribution < -0.4 is 10.6 Å². The van der Waals surface area contributed by atoms with Crippen LogP contribution in [0, 0.1) is 0 Å². The monoisotopic (exact) mass is 540 g/mol. The minimum Gasteiger partial charge on any atom is -0.356 e. The van der Waals surface area contributed by atoms with Crippen LogP contribution in [0.25, 0.3) is 32.3 Å². The summed E-state index contributed by atoms with van der Waals surface area (Å²) in [6.45, 7) is 0. The van der Waals surface area contributed by atoms with Gasteiger partial charge in [0.25, 0.3) is 0 Å². The fourth-order valence-corrected chi connectivity index (χ4v) is 5.09. The molecule has 2 N–H and O–H groups in total. The first kappa shape index (κ1) is 26.6.